The van der Waals surface area contributed by atoms with Gasteiger partial charge in [0.1, 0.15) is 32.0 Å². The summed E-state index contributed by atoms with van der Waals surface area (Å²) in [5.41, 5.74) is 5.53. The summed E-state index contributed by atoms with van der Waals surface area (Å²) in [5, 5.41) is 12.1. The van der Waals surface area contributed by atoms with Crippen LogP contribution in [0.3, 0.4) is 0 Å². The highest BCUT2D eigenvalue weighted by Crippen LogP contribution is 2.47. The SMILES string of the molecule is CN(c1ccccc1)c1nc(Cl)nc(Nc2ccc(N=Nc3cc4c(S(=O)(=O)O)cc(S(O)(O)O)cc4cc3S(=O)(=O)O)c(NC(N)=O)c2)n1. The van der Waals surface area contributed by atoms with Gasteiger partial charge < -0.3 is 34.9 Å². The van der Waals surface area contributed by atoms with Gasteiger partial charge in [0, 0.05) is 23.8 Å². The Kier molecular flexibility index (Phi) is 9.93. The van der Waals surface area contributed by atoms with Gasteiger partial charge in [0.25, 0.3) is 20.2 Å². The van der Waals surface area contributed by atoms with Gasteiger partial charge in [-0.1, -0.05) is 18.2 Å². The van der Waals surface area contributed by atoms with Crippen LogP contribution in [0.25, 0.3) is 10.8 Å². The number of rotatable bonds is 10. The highest BCUT2D eigenvalue weighted by atomic mass is 35.5. The number of fused-ring (bicyclic) bond motifs is 1. The van der Waals surface area contributed by atoms with Crippen molar-refractivity contribution in [3.05, 3.63) is 78.1 Å². The summed E-state index contributed by atoms with van der Waals surface area (Å²) < 4.78 is 97.7. The average Bonchev–Trinajstić information content (AvgIpc) is 3.01. The molecule has 4 aromatic carbocycles. The first-order valence-electron chi connectivity index (χ1n) is 13.5. The fourth-order valence-corrected chi connectivity index (χ4v) is 6.62. The lowest BCUT2D eigenvalue weighted by Crippen LogP contribution is -2.19. The Bertz CT molecular complexity index is 2400. The van der Waals surface area contributed by atoms with E-state index in [0.29, 0.717) is 12.1 Å². The van der Waals surface area contributed by atoms with E-state index in [4.69, 9.17) is 17.3 Å². The number of aromatic nitrogens is 3. The number of nitrogens with one attached hydrogen (secondary N) is 2. The van der Waals surface area contributed by atoms with Crippen molar-refractivity contribution in [2.45, 2.75) is 14.7 Å². The molecule has 0 aliphatic heterocycles. The second-order valence-electron chi connectivity index (χ2n) is 10.1. The summed E-state index contributed by atoms with van der Waals surface area (Å²) in [7, 11) is -13.0. The molecule has 0 aliphatic rings. The van der Waals surface area contributed by atoms with Crippen LogP contribution in [0.2, 0.25) is 5.28 Å². The molecule has 19 nitrogen and oxygen atoms in total. The quantitative estimate of drug-likeness (QED) is 0.0582. The lowest BCUT2D eigenvalue weighted by molar-refractivity contribution is 0.259. The number of amides is 2. The number of urea groups is 1. The number of benzene rings is 4. The highest BCUT2D eigenvalue weighted by Gasteiger charge is 2.26. The molecule has 0 saturated heterocycles. The minimum absolute atomic E-state index is 0.0105. The molecule has 0 saturated carbocycles. The predicted octanol–water partition coefficient (Wildman–Crippen LogP) is 6.17. The molecule has 5 aromatic rings. The van der Waals surface area contributed by atoms with Gasteiger partial charge in [0.2, 0.25) is 17.2 Å². The maximum atomic E-state index is 12.3. The van der Waals surface area contributed by atoms with Crippen molar-refractivity contribution in [3.63, 3.8) is 0 Å². The predicted molar refractivity (Wildman–Crippen MR) is 184 cm³/mol. The number of anilines is 5. The molecule has 50 heavy (non-hydrogen) atoms. The lowest BCUT2D eigenvalue weighted by Gasteiger charge is -2.20. The molecule has 0 aliphatic carbocycles. The zero-order valence-corrected chi connectivity index (χ0v) is 28.3. The number of hydrogen-bond donors (Lipinski definition) is 8. The molecule has 1 heterocycles. The van der Waals surface area contributed by atoms with Gasteiger partial charge in [-0.05, 0) is 71.6 Å². The van der Waals surface area contributed by atoms with Crippen LogP contribution in [0.4, 0.5) is 45.1 Å². The summed E-state index contributed by atoms with van der Waals surface area (Å²) >= 11 is 6.15. The molecule has 0 radical (unpaired) electrons. The molecule has 0 fully saturated rings. The number of carbonyl (C=O) groups is 1. The van der Waals surface area contributed by atoms with E-state index in [1.54, 1.807) is 11.9 Å². The van der Waals surface area contributed by atoms with Crippen molar-refractivity contribution < 1.29 is 44.4 Å². The molecule has 0 atom stereocenters. The molecule has 9 N–H and O–H groups in total. The van der Waals surface area contributed by atoms with Gasteiger partial charge in [-0.15, -0.1) is 10.2 Å². The third-order valence-electron chi connectivity index (χ3n) is 6.66. The Balaban J connectivity index is 1.56. The van der Waals surface area contributed by atoms with Gasteiger partial charge >= 0.3 is 6.03 Å². The average molecular weight is 766 g/mol. The first kappa shape index (κ1) is 36.2. The van der Waals surface area contributed by atoms with E-state index >= 15 is 0 Å². The molecule has 0 unspecified atom stereocenters. The summed E-state index contributed by atoms with van der Waals surface area (Å²) in [5.74, 6) is 0.207. The lowest BCUT2D eigenvalue weighted by atomic mass is 10.1. The maximum absolute atomic E-state index is 12.3. The van der Waals surface area contributed by atoms with Crippen LogP contribution in [0.15, 0.2) is 97.7 Å². The molecule has 262 valence electrons. The molecule has 23 heteroatoms. The monoisotopic (exact) mass is 765 g/mol. The van der Waals surface area contributed by atoms with Crippen LogP contribution in [-0.4, -0.2) is 67.6 Å². The third kappa shape index (κ3) is 8.39. The van der Waals surface area contributed by atoms with Crippen molar-refractivity contribution in [2.24, 2.45) is 16.0 Å². The van der Waals surface area contributed by atoms with Gasteiger partial charge in [-0.25, -0.2) is 4.79 Å². The Hall–Kier alpha value is -5.04. The minimum Gasteiger partial charge on any atom is -0.351 e. The summed E-state index contributed by atoms with van der Waals surface area (Å²) in [4.78, 5) is 23.4. The van der Waals surface area contributed by atoms with Gasteiger partial charge in [-0.2, -0.15) is 31.8 Å². The van der Waals surface area contributed by atoms with Crippen LogP contribution in [0.1, 0.15) is 0 Å². The van der Waals surface area contributed by atoms with E-state index in [2.05, 4.69) is 35.8 Å². The first-order chi connectivity index (χ1) is 23.3. The van der Waals surface area contributed by atoms with E-state index in [-0.39, 0.29) is 39.6 Å². The number of halogens is 1. The first-order valence-corrected chi connectivity index (χ1v) is 18.2. The largest absolute Gasteiger partial charge is 0.351 e. The topological polar surface area (TPSA) is 303 Å². The molecule has 0 bridgehead atoms. The van der Waals surface area contributed by atoms with Crippen molar-refractivity contribution in [1.82, 2.24) is 15.0 Å². The van der Waals surface area contributed by atoms with E-state index < -0.39 is 62.9 Å². The zero-order valence-electron chi connectivity index (χ0n) is 25.1. The molecule has 0 spiro atoms. The number of carbonyl (C=O) groups excluding carboxylic acids is 1. The molecular formula is C27H24ClN9O10S3. The van der Waals surface area contributed by atoms with Gasteiger partial charge in [0.15, 0.2) is 0 Å². The van der Waals surface area contributed by atoms with E-state index in [1.807, 2.05) is 30.3 Å². The van der Waals surface area contributed by atoms with E-state index in [1.165, 1.54) is 18.2 Å². The highest BCUT2D eigenvalue weighted by molar-refractivity contribution is 8.19. The van der Waals surface area contributed by atoms with Crippen molar-refractivity contribution in [3.8, 4) is 0 Å². The van der Waals surface area contributed by atoms with E-state index in [9.17, 15) is 44.4 Å². The molecule has 2 amide bonds. The van der Waals surface area contributed by atoms with Crippen LogP contribution in [-0.2, 0) is 20.2 Å². The van der Waals surface area contributed by atoms with Crippen molar-refractivity contribution in [2.75, 3.05) is 22.6 Å². The molecule has 1 aromatic heterocycles. The normalized spacial score (nSPS) is 12.6. The second kappa shape index (κ2) is 13.7. The van der Waals surface area contributed by atoms with Crippen LogP contribution < -0.4 is 21.3 Å². The number of nitrogens with two attached hydrogens (primary N) is 1. The summed E-state index contributed by atoms with van der Waals surface area (Å²) in [6.07, 6.45) is 0. The Labute approximate surface area is 289 Å². The molecular weight excluding hydrogens is 742 g/mol. The van der Waals surface area contributed by atoms with Gasteiger partial charge in [-0.3, -0.25) is 9.11 Å². The Morgan fingerprint density at radius 1 is 0.820 bits per heavy atom. The number of azo groups is 1. The second-order valence-corrected chi connectivity index (χ2v) is 14.7. The van der Waals surface area contributed by atoms with Gasteiger partial charge in [0.05, 0.1) is 10.6 Å². The Morgan fingerprint density at radius 2 is 1.48 bits per heavy atom. The number of hydrogen-bond acceptors (Lipinski definition) is 15. The standard InChI is InChI=1S/C27H24ClN9O10S3/c1-37(16-5-3-2-4-6-16)27-33-24(28)32-26(34-27)30-15-7-8-19(20(11-15)31-25(29)38)35-36-21-13-18-14(10-23(21)50(45,46)47)9-17(48(39,40)41)12-22(18)49(42,43)44/h2-13,39-41H,1H3,(H3,29,31,38)(H,42,43,44)(H,45,46,47)(H,30,32,33,34). The van der Waals surface area contributed by atoms with Crippen molar-refractivity contribution in [1.29, 1.82) is 0 Å². The maximum Gasteiger partial charge on any atom is 0.316 e. The fraction of sp³-hybridized carbons (Fsp3) is 0.0370. The molecule has 5 rings (SSSR count). The van der Waals surface area contributed by atoms with E-state index in [0.717, 1.165) is 17.8 Å². The van der Waals surface area contributed by atoms with Crippen LogP contribution in [0.5, 0.6) is 0 Å². The van der Waals surface area contributed by atoms with Crippen LogP contribution in [0, 0.1) is 0 Å². The third-order valence-corrected chi connectivity index (χ3v) is 9.47. The number of para-hydroxylation sites is 1. The zero-order chi connectivity index (χ0) is 36.6. The summed E-state index contributed by atoms with van der Waals surface area (Å²) in [6, 6.07) is 15.1. The number of primary amides is 1. The van der Waals surface area contributed by atoms with Crippen LogP contribution >= 0.6 is 22.5 Å². The minimum atomic E-state index is -5.12. The smallest absolute Gasteiger partial charge is 0.316 e. The number of nitrogens with zero attached hydrogens (tertiary/aromatic N) is 6. The Morgan fingerprint density at radius 3 is 2.10 bits per heavy atom. The fourth-order valence-electron chi connectivity index (χ4n) is 4.46. The van der Waals surface area contributed by atoms with Crippen molar-refractivity contribution >= 4 is 99.8 Å². The summed E-state index contributed by atoms with van der Waals surface area (Å²) in [6.45, 7) is 0.